The van der Waals surface area contributed by atoms with Crippen molar-refractivity contribution in [3.8, 4) is 18.1 Å². The van der Waals surface area contributed by atoms with Crippen LogP contribution in [-0.2, 0) is 5.60 Å². The van der Waals surface area contributed by atoms with Gasteiger partial charge < -0.3 is 14.2 Å². The molecule has 2 heterocycles. The molecule has 1 N–H and O–H groups in total. The van der Waals surface area contributed by atoms with E-state index in [-0.39, 0.29) is 12.2 Å². The van der Waals surface area contributed by atoms with Gasteiger partial charge in [-0.25, -0.2) is 4.98 Å². The third kappa shape index (κ3) is 2.57. The second-order valence-corrected chi connectivity index (χ2v) is 7.01. The molecule has 1 unspecified atom stereocenters. The molecule has 1 aliphatic rings. The van der Waals surface area contributed by atoms with Crippen molar-refractivity contribution in [1.82, 2.24) is 9.38 Å². The molecule has 1 aliphatic carbocycles. The van der Waals surface area contributed by atoms with Crippen LogP contribution >= 0.6 is 15.9 Å². The molecule has 4 rings (SSSR count). The SMILES string of the molecule is C#CC1(O)C[C@H](c2ccccc2OC(F)F)c2c1nc1ccc(Br)cn21. The lowest BCUT2D eigenvalue weighted by atomic mass is 9.92. The molecule has 0 amide bonds. The van der Waals surface area contributed by atoms with Crippen LogP contribution in [0, 0.1) is 12.3 Å². The molecular formula is C19H13BrF2N2O2. The van der Waals surface area contributed by atoms with Crippen molar-refractivity contribution in [3.63, 3.8) is 0 Å². The molecule has 0 radical (unpaired) electrons. The average Bonchev–Trinajstić information content (AvgIpc) is 3.11. The Morgan fingerprint density at radius 1 is 1.35 bits per heavy atom. The number of hydrogen-bond acceptors (Lipinski definition) is 3. The first-order chi connectivity index (χ1) is 12.4. The zero-order chi connectivity index (χ0) is 18.5. The molecule has 2 atom stereocenters. The Kier molecular flexibility index (Phi) is 3.98. The zero-order valence-electron chi connectivity index (χ0n) is 13.4. The van der Waals surface area contributed by atoms with Crippen molar-refractivity contribution >= 4 is 21.6 Å². The van der Waals surface area contributed by atoms with Gasteiger partial charge in [-0.3, -0.25) is 0 Å². The number of nitrogens with zero attached hydrogens (tertiary/aromatic N) is 2. The molecule has 0 bridgehead atoms. The van der Waals surface area contributed by atoms with Crippen LogP contribution in [0.5, 0.6) is 5.75 Å². The van der Waals surface area contributed by atoms with Crippen LogP contribution in [0.1, 0.15) is 29.3 Å². The van der Waals surface area contributed by atoms with Gasteiger partial charge in [-0.1, -0.05) is 24.1 Å². The molecule has 26 heavy (non-hydrogen) atoms. The Labute approximate surface area is 156 Å². The summed E-state index contributed by atoms with van der Waals surface area (Å²) in [6, 6.07) is 10.2. The van der Waals surface area contributed by atoms with E-state index in [9.17, 15) is 13.9 Å². The summed E-state index contributed by atoms with van der Waals surface area (Å²) in [6.07, 6.45) is 7.54. The smallest absolute Gasteiger partial charge is 0.387 e. The van der Waals surface area contributed by atoms with E-state index in [1.165, 1.54) is 6.07 Å². The number of pyridine rings is 1. The van der Waals surface area contributed by atoms with Crippen LogP contribution in [0.4, 0.5) is 8.78 Å². The quantitative estimate of drug-likeness (QED) is 0.652. The maximum absolute atomic E-state index is 12.8. The summed E-state index contributed by atoms with van der Waals surface area (Å²) in [4.78, 5) is 4.49. The van der Waals surface area contributed by atoms with Gasteiger partial charge in [0.2, 0.25) is 0 Å². The highest BCUT2D eigenvalue weighted by molar-refractivity contribution is 9.10. The van der Waals surface area contributed by atoms with E-state index in [2.05, 4.69) is 31.6 Å². The third-order valence-electron chi connectivity index (χ3n) is 4.59. The summed E-state index contributed by atoms with van der Waals surface area (Å²) < 4.78 is 33.0. The van der Waals surface area contributed by atoms with Gasteiger partial charge in [0, 0.05) is 28.6 Å². The van der Waals surface area contributed by atoms with E-state index >= 15 is 0 Å². The third-order valence-corrected chi connectivity index (χ3v) is 5.06. The zero-order valence-corrected chi connectivity index (χ0v) is 15.0. The molecule has 2 aromatic heterocycles. The van der Waals surface area contributed by atoms with E-state index in [1.807, 2.05) is 16.7 Å². The molecule has 0 aliphatic heterocycles. The van der Waals surface area contributed by atoms with Gasteiger partial charge in [-0.2, -0.15) is 8.78 Å². The number of benzene rings is 1. The van der Waals surface area contributed by atoms with Gasteiger partial charge in [-0.05, 0) is 34.1 Å². The van der Waals surface area contributed by atoms with Crippen molar-refractivity contribution in [3.05, 3.63) is 64.0 Å². The minimum Gasteiger partial charge on any atom is -0.435 e. The lowest BCUT2D eigenvalue weighted by molar-refractivity contribution is -0.0506. The molecule has 1 aromatic carbocycles. The number of halogens is 3. The van der Waals surface area contributed by atoms with Gasteiger partial charge >= 0.3 is 6.61 Å². The van der Waals surface area contributed by atoms with Crippen molar-refractivity contribution in [2.24, 2.45) is 0 Å². The Morgan fingerprint density at radius 3 is 2.85 bits per heavy atom. The fourth-order valence-corrected chi connectivity index (χ4v) is 3.86. The van der Waals surface area contributed by atoms with E-state index in [0.29, 0.717) is 22.6 Å². The summed E-state index contributed by atoms with van der Waals surface area (Å²) in [5.41, 5.74) is 0.615. The summed E-state index contributed by atoms with van der Waals surface area (Å²) in [5.74, 6) is 2.03. The molecular weight excluding hydrogens is 406 g/mol. The number of ether oxygens (including phenoxy) is 1. The maximum Gasteiger partial charge on any atom is 0.387 e. The average molecular weight is 419 g/mol. The Balaban J connectivity index is 1.96. The number of para-hydroxylation sites is 1. The van der Waals surface area contributed by atoms with Crippen molar-refractivity contribution in [1.29, 1.82) is 0 Å². The first-order valence-corrected chi connectivity index (χ1v) is 8.64. The van der Waals surface area contributed by atoms with Gasteiger partial charge in [0.15, 0.2) is 5.60 Å². The van der Waals surface area contributed by atoms with Crippen LogP contribution in [0.15, 0.2) is 47.1 Å². The highest BCUT2D eigenvalue weighted by Crippen LogP contribution is 2.49. The van der Waals surface area contributed by atoms with Crippen LogP contribution in [0.2, 0.25) is 0 Å². The summed E-state index contributed by atoms with van der Waals surface area (Å²) >= 11 is 3.42. The Bertz CT molecular complexity index is 1040. The van der Waals surface area contributed by atoms with E-state index in [4.69, 9.17) is 6.42 Å². The molecule has 7 heteroatoms. The molecule has 4 nitrogen and oxygen atoms in total. The van der Waals surface area contributed by atoms with Crippen molar-refractivity contribution in [2.75, 3.05) is 0 Å². The van der Waals surface area contributed by atoms with Crippen molar-refractivity contribution in [2.45, 2.75) is 24.6 Å². The molecule has 0 spiro atoms. The first-order valence-electron chi connectivity index (χ1n) is 7.85. The predicted octanol–water partition coefficient (Wildman–Crippen LogP) is 4.05. The van der Waals surface area contributed by atoms with E-state index < -0.39 is 18.1 Å². The second kappa shape index (κ2) is 6.08. The van der Waals surface area contributed by atoms with E-state index in [0.717, 1.165) is 4.47 Å². The number of rotatable bonds is 3. The highest BCUT2D eigenvalue weighted by Gasteiger charge is 2.46. The van der Waals surface area contributed by atoms with Gasteiger partial charge in [0.05, 0.1) is 5.69 Å². The standard InChI is InChI=1S/C19H13BrF2N2O2/c1-2-19(25)9-13(12-5-3-4-6-14(12)26-18(21)22)16-17(19)23-15-8-7-11(20)10-24(15)16/h1,3-8,10,13,18,25H,9H2/t13-,19?/m1/s1. The fraction of sp³-hybridized carbons (Fsp3) is 0.211. The van der Waals surface area contributed by atoms with Gasteiger partial charge in [0.1, 0.15) is 17.1 Å². The minimum atomic E-state index is -2.94. The largest absolute Gasteiger partial charge is 0.435 e. The Morgan fingerprint density at radius 2 is 2.12 bits per heavy atom. The van der Waals surface area contributed by atoms with Gasteiger partial charge in [0.25, 0.3) is 0 Å². The number of hydrogen-bond donors (Lipinski definition) is 1. The van der Waals surface area contributed by atoms with Crippen molar-refractivity contribution < 1.29 is 18.6 Å². The number of alkyl halides is 2. The normalized spacial score (nSPS) is 21.8. The summed E-state index contributed by atoms with van der Waals surface area (Å²) in [7, 11) is 0. The number of terminal acetylenes is 1. The van der Waals surface area contributed by atoms with Crippen LogP contribution < -0.4 is 4.74 Å². The maximum atomic E-state index is 12.8. The van der Waals surface area contributed by atoms with Gasteiger partial charge in [-0.15, -0.1) is 6.42 Å². The fourth-order valence-electron chi connectivity index (χ4n) is 3.52. The molecule has 0 saturated heterocycles. The topological polar surface area (TPSA) is 46.8 Å². The van der Waals surface area contributed by atoms with Crippen LogP contribution in [0.3, 0.4) is 0 Å². The summed E-state index contributed by atoms with van der Waals surface area (Å²) in [6.45, 7) is -2.94. The predicted molar refractivity (Wildman–Crippen MR) is 95.2 cm³/mol. The molecule has 132 valence electrons. The number of imidazole rings is 1. The second-order valence-electron chi connectivity index (χ2n) is 6.10. The minimum absolute atomic E-state index is 0.0599. The number of aliphatic hydroxyl groups is 1. The molecule has 0 saturated carbocycles. The lowest BCUT2D eigenvalue weighted by Crippen LogP contribution is -2.20. The highest BCUT2D eigenvalue weighted by atomic mass is 79.9. The monoisotopic (exact) mass is 418 g/mol. The number of aromatic nitrogens is 2. The number of fused-ring (bicyclic) bond motifs is 3. The summed E-state index contributed by atoms with van der Waals surface area (Å²) in [5, 5.41) is 10.9. The molecule has 0 fully saturated rings. The van der Waals surface area contributed by atoms with Crippen LogP contribution in [-0.4, -0.2) is 21.1 Å². The van der Waals surface area contributed by atoms with Crippen LogP contribution in [0.25, 0.3) is 5.65 Å². The first kappa shape index (κ1) is 17.0. The lowest BCUT2D eigenvalue weighted by Gasteiger charge is -2.19. The Hall–Kier alpha value is -2.43. The van der Waals surface area contributed by atoms with E-state index in [1.54, 1.807) is 24.3 Å². The molecule has 3 aromatic rings.